The summed E-state index contributed by atoms with van der Waals surface area (Å²) in [6, 6.07) is 14.1. The highest BCUT2D eigenvalue weighted by Crippen LogP contribution is 2.42. The van der Waals surface area contributed by atoms with Crippen molar-refractivity contribution in [3.05, 3.63) is 83.7 Å². The molecule has 284 valence electrons. The number of alkyl halides is 1. The lowest BCUT2D eigenvalue weighted by Gasteiger charge is -2.42. The number of halogens is 3. The molecule has 4 atom stereocenters. The second-order valence-corrected chi connectivity index (χ2v) is 15.9. The van der Waals surface area contributed by atoms with Crippen molar-refractivity contribution in [2.24, 2.45) is 17.3 Å². The fourth-order valence-electron chi connectivity index (χ4n) is 6.86. The molecule has 1 amide bonds. The summed E-state index contributed by atoms with van der Waals surface area (Å²) in [6.45, 7) is 7.87. The zero-order valence-corrected chi connectivity index (χ0v) is 31.5. The average molecular weight is 743 g/mol. The third-order valence-electron chi connectivity index (χ3n) is 9.54. The Labute approximate surface area is 309 Å². The molecule has 2 heterocycles. The van der Waals surface area contributed by atoms with Crippen LogP contribution in [0.5, 0.6) is 0 Å². The molecule has 3 aromatic rings. The Hall–Kier alpha value is -3.61. The molecule has 0 unspecified atom stereocenters. The Kier molecular flexibility index (Phi) is 15.4. The third kappa shape index (κ3) is 11.7. The maximum absolute atomic E-state index is 15.2. The van der Waals surface area contributed by atoms with Crippen LogP contribution >= 0.6 is 11.8 Å². The normalized spacial score (nSPS) is 17.2. The van der Waals surface area contributed by atoms with E-state index in [1.807, 2.05) is 62.7 Å². The van der Waals surface area contributed by atoms with Gasteiger partial charge in [0, 0.05) is 73.7 Å². The van der Waals surface area contributed by atoms with E-state index in [1.54, 1.807) is 17.2 Å². The highest BCUT2D eigenvalue weighted by Gasteiger charge is 2.40. The van der Waals surface area contributed by atoms with Crippen LogP contribution < -0.4 is 10.6 Å². The maximum atomic E-state index is 15.2. The Morgan fingerprint density at radius 2 is 1.81 bits per heavy atom. The lowest BCUT2D eigenvalue weighted by atomic mass is 9.82. The number of carboxylic acid groups (broad SMARTS) is 1. The van der Waals surface area contributed by atoms with E-state index in [0.29, 0.717) is 37.2 Å². The molecule has 0 bridgehead atoms. The molecule has 2 aromatic carbocycles. The number of carboxylic acids is 1. The van der Waals surface area contributed by atoms with Gasteiger partial charge in [0.15, 0.2) is 0 Å². The van der Waals surface area contributed by atoms with Gasteiger partial charge in [-0.2, -0.15) is 11.8 Å². The number of thioether (sulfide) groups is 1. The van der Waals surface area contributed by atoms with E-state index in [4.69, 9.17) is 0 Å². The molecule has 0 spiro atoms. The number of carbonyl (C=O) groups is 3. The number of amides is 1. The number of carbonyl (C=O) groups excluding carboxylic acids is 2. The molecule has 1 aromatic heterocycles. The molecule has 0 radical (unpaired) electrons. The molecule has 0 aliphatic carbocycles. The number of aliphatic carboxylic acids is 1. The van der Waals surface area contributed by atoms with E-state index in [1.165, 1.54) is 0 Å². The second kappa shape index (κ2) is 19.5. The topological polar surface area (TPSA) is 104 Å². The van der Waals surface area contributed by atoms with E-state index in [0.717, 1.165) is 54.9 Å². The van der Waals surface area contributed by atoms with Gasteiger partial charge >= 0.3 is 5.97 Å². The maximum Gasteiger partial charge on any atom is 0.307 e. The third-order valence-corrected chi connectivity index (χ3v) is 10.6. The number of Topliss-reactive ketones (excluding diaryl/α,β-unsaturated/α-hetero) is 1. The van der Waals surface area contributed by atoms with Gasteiger partial charge in [0.2, 0.25) is 5.91 Å². The zero-order valence-electron chi connectivity index (χ0n) is 30.7. The molecule has 1 aliphatic rings. The number of rotatable bonds is 20. The first-order chi connectivity index (χ1) is 24.8. The summed E-state index contributed by atoms with van der Waals surface area (Å²) in [5.74, 6) is -4.06. The smallest absolute Gasteiger partial charge is 0.307 e. The van der Waals surface area contributed by atoms with E-state index >= 15 is 8.78 Å². The number of hydrogen-bond acceptors (Lipinski definition) is 6. The number of benzene rings is 2. The van der Waals surface area contributed by atoms with Crippen molar-refractivity contribution in [2.75, 3.05) is 44.7 Å². The predicted molar refractivity (Wildman–Crippen MR) is 201 cm³/mol. The summed E-state index contributed by atoms with van der Waals surface area (Å²) in [6.07, 6.45) is 3.34. The van der Waals surface area contributed by atoms with Gasteiger partial charge in [-0.05, 0) is 61.7 Å². The number of ketones is 1. The SMILES string of the molecule is CNCCCCCC(=O)C[C@@H](CSCC(=O)N(C[C@@H]1CNC[C@@H]1F)[C@@H](c1cc(-c2cc(F)ccc2F)cn1Cc1ccccc1)C(C)(C)C)C(=O)O. The summed E-state index contributed by atoms with van der Waals surface area (Å²) < 4.78 is 46.7. The molecule has 12 heteroatoms. The van der Waals surface area contributed by atoms with Crippen molar-refractivity contribution in [3.8, 4) is 11.1 Å². The second-order valence-electron chi connectivity index (χ2n) is 14.8. The van der Waals surface area contributed by atoms with Gasteiger partial charge in [0.05, 0.1) is 17.7 Å². The molecule has 8 nitrogen and oxygen atoms in total. The van der Waals surface area contributed by atoms with Crippen molar-refractivity contribution in [3.63, 3.8) is 0 Å². The standard InChI is InChI=1S/C40H53F3N4O4S/c1-40(2,3)38(36-18-28(33-19-31(41)14-15-34(33)42)23-46(36)22-27-11-7-5-8-12-27)47(24-30-20-45-21-35(30)43)37(49)26-52-25-29(39(50)51)17-32(48)13-9-6-10-16-44-4/h5,7-8,11-12,14-15,18-19,23,29-30,35,38,44-45H,6,9-10,13,16-17,20-22,24-26H2,1-4H3,(H,50,51)/t29-,30-,35-,38-/m0/s1. The number of aromatic nitrogens is 1. The number of hydrogen-bond donors (Lipinski definition) is 3. The Morgan fingerprint density at radius 1 is 1.06 bits per heavy atom. The van der Waals surface area contributed by atoms with Crippen LogP contribution in [0.15, 0.2) is 60.8 Å². The Bertz CT molecular complexity index is 1630. The zero-order chi connectivity index (χ0) is 37.8. The van der Waals surface area contributed by atoms with Crippen LogP contribution in [0.2, 0.25) is 0 Å². The average Bonchev–Trinajstić information content (AvgIpc) is 3.69. The Balaban J connectivity index is 1.64. The summed E-state index contributed by atoms with van der Waals surface area (Å²) in [5, 5.41) is 16.1. The molecule has 52 heavy (non-hydrogen) atoms. The van der Waals surface area contributed by atoms with Crippen molar-refractivity contribution in [2.45, 2.75) is 71.6 Å². The van der Waals surface area contributed by atoms with Gasteiger partial charge in [0.25, 0.3) is 0 Å². The fraction of sp³-hybridized carbons (Fsp3) is 0.525. The van der Waals surface area contributed by atoms with E-state index in [2.05, 4.69) is 10.6 Å². The van der Waals surface area contributed by atoms with E-state index < -0.39 is 47.1 Å². The van der Waals surface area contributed by atoms with Crippen LogP contribution in [0, 0.1) is 28.9 Å². The molecule has 0 saturated carbocycles. The van der Waals surface area contributed by atoms with Gasteiger partial charge in [-0.3, -0.25) is 14.4 Å². The summed E-state index contributed by atoms with van der Waals surface area (Å²) >= 11 is 1.16. The summed E-state index contributed by atoms with van der Waals surface area (Å²) in [4.78, 5) is 40.8. The van der Waals surface area contributed by atoms with Crippen LogP contribution in [-0.2, 0) is 20.9 Å². The van der Waals surface area contributed by atoms with Crippen molar-refractivity contribution in [1.82, 2.24) is 20.1 Å². The fourth-order valence-corrected chi connectivity index (χ4v) is 7.87. The van der Waals surface area contributed by atoms with Crippen LogP contribution in [0.4, 0.5) is 13.2 Å². The van der Waals surface area contributed by atoms with Gasteiger partial charge in [-0.25, -0.2) is 13.2 Å². The summed E-state index contributed by atoms with van der Waals surface area (Å²) in [5.41, 5.74) is 1.57. The number of nitrogens with zero attached hydrogens (tertiary/aromatic N) is 2. The van der Waals surface area contributed by atoms with Crippen LogP contribution in [0.25, 0.3) is 11.1 Å². The lowest BCUT2D eigenvalue weighted by molar-refractivity contribution is -0.143. The van der Waals surface area contributed by atoms with E-state index in [-0.39, 0.29) is 48.3 Å². The first-order valence-electron chi connectivity index (χ1n) is 18.1. The van der Waals surface area contributed by atoms with Crippen molar-refractivity contribution >= 4 is 29.4 Å². The van der Waals surface area contributed by atoms with Gasteiger partial charge < -0.3 is 25.2 Å². The minimum absolute atomic E-state index is 0.0730. The lowest BCUT2D eigenvalue weighted by Crippen LogP contribution is -2.46. The van der Waals surface area contributed by atoms with Gasteiger partial charge in [0.1, 0.15) is 23.6 Å². The molecule has 4 rings (SSSR count). The first kappa shape index (κ1) is 41.2. The Morgan fingerprint density at radius 3 is 2.46 bits per heavy atom. The highest BCUT2D eigenvalue weighted by molar-refractivity contribution is 7.99. The van der Waals surface area contributed by atoms with Crippen molar-refractivity contribution in [1.29, 1.82) is 0 Å². The largest absolute Gasteiger partial charge is 0.481 e. The quantitative estimate of drug-likeness (QED) is 0.106. The molecular weight excluding hydrogens is 690 g/mol. The summed E-state index contributed by atoms with van der Waals surface area (Å²) in [7, 11) is 1.87. The van der Waals surface area contributed by atoms with Crippen LogP contribution in [-0.4, -0.2) is 83.1 Å². The molecule has 1 fully saturated rings. The molecular formula is C40H53F3N4O4S. The molecule has 1 saturated heterocycles. The predicted octanol–water partition coefficient (Wildman–Crippen LogP) is 7.13. The molecule has 3 N–H and O–H groups in total. The van der Waals surface area contributed by atoms with E-state index in [9.17, 15) is 23.9 Å². The van der Waals surface area contributed by atoms with Crippen molar-refractivity contribution < 1.29 is 32.7 Å². The minimum atomic E-state index is -1.17. The highest BCUT2D eigenvalue weighted by atomic mass is 32.2. The first-order valence-corrected chi connectivity index (χ1v) is 19.2. The number of unbranched alkanes of at least 4 members (excludes halogenated alkanes) is 2. The molecule has 1 aliphatic heterocycles. The number of nitrogens with one attached hydrogen (secondary N) is 2. The van der Waals surface area contributed by atoms with Crippen LogP contribution in [0.1, 0.15) is 70.2 Å². The van der Waals surface area contributed by atoms with Crippen LogP contribution in [0.3, 0.4) is 0 Å². The minimum Gasteiger partial charge on any atom is -0.481 e. The van der Waals surface area contributed by atoms with Gasteiger partial charge in [-0.1, -0.05) is 57.5 Å². The van der Waals surface area contributed by atoms with Gasteiger partial charge in [-0.15, -0.1) is 0 Å². The monoisotopic (exact) mass is 742 g/mol.